The zero-order valence-corrected chi connectivity index (χ0v) is 28.9. The van der Waals surface area contributed by atoms with Gasteiger partial charge in [-0.15, -0.1) is 10.2 Å². The number of nitrogens with one attached hydrogen (secondary N) is 1. The Hall–Kier alpha value is -5.19. The highest BCUT2D eigenvalue weighted by atomic mass is 16.8. The Morgan fingerprint density at radius 2 is 1.67 bits per heavy atom. The molecule has 0 radical (unpaired) electrons. The van der Waals surface area contributed by atoms with Crippen LogP contribution in [-0.4, -0.2) is 97.3 Å². The lowest BCUT2D eigenvalue weighted by Crippen LogP contribution is -2.36. The van der Waals surface area contributed by atoms with E-state index in [2.05, 4.69) is 25.6 Å². The molecule has 2 aliphatic rings. The second-order valence-corrected chi connectivity index (χ2v) is 12.8. The molecule has 2 saturated heterocycles. The lowest BCUT2D eigenvalue weighted by atomic mass is 9.98. The number of carbonyl (C=O) groups is 3. The van der Waals surface area contributed by atoms with Crippen LogP contribution in [0.1, 0.15) is 68.6 Å². The maximum absolute atomic E-state index is 13.8. The quantitative estimate of drug-likeness (QED) is 0.123. The average Bonchev–Trinajstić information content (AvgIpc) is 3.88. The number of imidazole rings is 1. The molecule has 0 amide bonds. The van der Waals surface area contributed by atoms with E-state index in [0.717, 1.165) is 28.7 Å². The van der Waals surface area contributed by atoms with Crippen molar-refractivity contribution < 1.29 is 47.9 Å². The molecule has 0 bridgehead atoms. The van der Waals surface area contributed by atoms with Gasteiger partial charge in [0.15, 0.2) is 17.9 Å². The maximum Gasteiger partial charge on any atom is 0.511 e. The summed E-state index contributed by atoms with van der Waals surface area (Å²) in [5, 5.41) is 25.5. The fraction of sp³-hybridized carbons (Fsp3) is 0.457. The Morgan fingerprint density at radius 3 is 2.27 bits per heavy atom. The van der Waals surface area contributed by atoms with Gasteiger partial charge in [-0.3, -0.25) is 4.79 Å². The van der Waals surface area contributed by atoms with Crippen molar-refractivity contribution in [3.05, 3.63) is 71.3 Å². The number of carbonyl (C=O) groups excluding carboxylic acids is 3. The van der Waals surface area contributed by atoms with Gasteiger partial charge in [0.25, 0.3) is 0 Å². The molecular formula is C35H40N6O10. The highest BCUT2D eigenvalue weighted by molar-refractivity contribution is 5.89. The van der Waals surface area contributed by atoms with E-state index in [4.69, 9.17) is 28.4 Å². The van der Waals surface area contributed by atoms with Crippen LogP contribution in [0.25, 0.3) is 22.5 Å². The largest absolute Gasteiger partial charge is 0.511 e. The second-order valence-electron chi connectivity index (χ2n) is 12.8. The van der Waals surface area contributed by atoms with Crippen LogP contribution in [0.4, 0.5) is 4.79 Å². The van der Waals surface area contributed by atoms with Gasteiger partial charge in [0, 0.05) is 32.4 Å². The lowest BCUT2D eigenvalue weighted by Gasteiger charge is -2.21. The fourth-order valence-corrected chi connectivity index (χ4v) is 6.26. The zero-order chi connectivity index (χ0) is 36.3. The monoisotopic (exact) mass is 704 g/mol. The van der Waals surface area contributed by atoms with Crippen molar-refractivity contribution in [1.29, 1.82) is 0 Å². The third kappa shape index (κ3) is 7.92. The van der Waals surface area contributed by atoms with Gasteiger partial charge in [-0.05, 0) is 42.2 Å². The number of nitrogens with zero attached hydrogens (tertiary/aromatic N) is 5. The molecule has 2 aliphatic heterocycles. The standard InChI is InChI=1S/C35H40N6O10/c1-6-9-27-36-31(35(4,5)45)28(33(43)49-20(3)50-34(44)51-26-18-47-29-25(48-19(2)42)17-46-30(26)29)41(27)16-21-12-14-22(15-13-21)23-10-7-8-11-24(23)32-37-39-40-38-32/h7-8,10-15,20,25-26,29-30,45H,6,9,16-18H2,1-5H3,(H,37,38,39,40)/t20?,25-,26-,29-,30-/m1/s1. The number of hydrogen-bond acceptors (Lipinski definition) is 14. The van der Waals surface area contributed by atoms with Gasteiger partial charge < -0.3 is 38.1 Å². The summed E-state index contributed by atoms with van der Waals surface area (Å²) < 4.78 is 34.5. The third-order valence-corrected chi connectivity index (χ3v) is 8.47. The molecule has 0 saturated carbocycles. The topological polar surface area (TPSA) is 199 Å². The summed E-state index contributed by atoms with van der Waals surface area (Å²) in [6, 6.07) is 15.5. The predicted molar refractivity (Wildman–Crippen MR) is 177 cm³/mol. The Bertz CT molecular complexity index is 1850. The first kappa shape index (κ1) is 35.6. The van der Waals surface area contributed by atoms with Gasteiger partial charge in [-0.1, -0.05) is 55.5 Å². The number of hydrogen-bond donors (Lipinski definition) is 2. The van der Waals surface area contributed by atoms with Gasteiger partial charge in [-0.2, -0.15) is 5.21 Å². The molecule has 16 nitrogen and oxygen atoms in total. The Kier molecular flexibility index (Phi) is 10.5. The number of benzene rings is 2. The van der Waals surface area contributed by atoms with Gasteiger partial charge in [-0.25, -0.2) is 14.6 Å². The van der Waals surface area contributed by atoms with Crippen LogP contribution in [0.5, 0.6) is 0 Å². The summed E-state index contributed by atoms with van der Waals surface area (Å²) in [5.74, 6) is -0.258. The van der Waals surface area contributed by atoms with Crippen LogP contribution in [0.3, 0.4) is 0 Å². The molecule has 5 atom stereocenters. The second kappa shape index (κ2) is 15.0. The molecular weight excluding hydrogens is 664 g/mol. The van der Waals surface area contributed by atoms with E-state index in [1.165, 1.54) is 27.7 Å². The van der Waals surface area contributed by atoms with Crippen LogP contribution < -0.4 is 0 Å². The summed E-state index contributed by atoms with van der Waals surface area (Å²) in [6.07, 6.45) is -3.87. The number of rotatable bonds is 12. The van der Waals surface area contributed by atoms with Crippen molar-refractivity contribution in [2.24, 2.45) is 0 Å². The molecule has 4 aromatic rings. The van der Waals surface area contributed by atoms with Gasteiger partial charge in [0.1, 0.15) is 29.3 Å². The highest BCUT2D eigenvalue weighted by Crippen LogP contribution is 2.33. The van der Waals surface area contributed by atoms with E-state index in [1.54, 1.807) is 4.57 Å². The van der Waals surface area contributed by atoms with Crippen molar-refractivity contribution in [2.45, 2.75) is 90.3 Å². The average molecular weight is 705 g/mol. The first-order chi connectivity index (χ1) is 24.4. The molecule has 2 fully saturated rings. The number of H-pyrrole nitrogens is 1. The summed E-state index contributed by atoms with van der Waals surface area (Å²) in [6.45, 7) is 8.08. The molecule has 4 heterocycles. The molecule has 2 N–H and O–H groups in total. The number of aromatic nitrogens is 6. The predicted octanol–water partition coefficient (Wildman–Crippen LogP) is 3.71. The summed E-state index contributed by atoms with van der Waals surface area (Å²) in [5.41, 5.74) is 2.18. The Morgan fingerprint density at radius 1 is 1.00 bits per heavy atom. The number of aryl methyl sites for hydroxylation is 1. The number of aromatic amines is 1. The number of fused-ring (bicyclic) bond motifs is 1. The molecule has 6 rings (SSSR count). The van der Waals surface area contributed by atoms with Crippen LogP contribution >= 0.6 is 0 Å². The smallest absolute Gasteiger partial charge is 0.457 e. The van der Waals surface area contributed by atoms with Gasteiger partial charge >= 0.3 is 18.1 Å². The molecule has 0 aliphatic carbocycles. The van der Waals surface area contributed by atoms with Crippen molar-refractivity contribution in [1.82, 2.24) is 30.2 Å². The first-order valence-electron chi connectivity index (χ1n) is 16.7. The normalized spacial score (nSPS) is 20.4. The van der Waals surface area contributed by atoms with Crippen LogP contribution in [0.2, 0.25) is 0 Å². The summed E-state index contributed by atoms with van der Waals surface area (Å²) in [7, 11) is 0. The zero-order valence-electron chi connectivity index (χ0n) is 28.9. The van der Waals surface area contributed by atoms with E-state index < -0.39 is 54.4 Å². The van der Waals surface area contributed by atoms with Crippen molar-refractivity contribution >= 4 is 18.1 Å². The Balaban J connectivity index is 1.17. The van der Waals surface area contributed by atoms with Crippen molar-refractivity contribution in [3.63, 3.8) is 0 Å². The molecule has 51 heavy (non-hydrogen) atoms. The lowest BCUT2D eigenvalue weighted by molar-refractivity contribution is -0.151. The highest BCUT2D eigenvalue weighted by Gasteiger charge is 2.51. The van der Waals surface area contributed by atoms with Gasteiger partial charge in [0.05, 0.1) is 13.2 Å². The third-order valence-electron chi connectivity index (χ3n) is 8.47. The van der Waals surface area contributed by atoms with Crippen molar-refractivity contribution in [3.8, 4) is 22.5 Å². The minimum atomic E-state index is -1.50. The first-order valence-corrected chi connectivity index (χ1v) is 16.7. The summed E-state index contributed by atoms with van der Waals surface area (Å²) in [4.78, 5) is 42.6. The van der Waals surface area contributed by atoms with E-state index in [-0.39, 0.29) is 31.1 Å². The molecule has 270 valence electrons. The molecule has 2 aromatic heterocycles. The number of tetrazole rings is 1. The molecule has 0 spiro atoms. The minimum Gasteiger partial charge on any atom is -0.457 e. The van der Waals surface area contributed by atoms with E-state index in [0.29, 0.717) is 18.1 Å². The van der Waals surface area contributed by atoms with E-state index >= 15 is 0 Å². The fourth-order valence-electron chi connectivity index (χ4n) is 6.26. The number of esters is 2. The number of aliphatic hydroxyl groups is 1. The van der Waals surface area contributed by atoms with Crippen LogP contribution in [-0.2, 0) is 51.8 Å². The maximum atomic E-state index is 13.8. The van der Waals surface area contributed by atoms with Crippen molar-refractivity contribution in [2.75, 3.05) is 13.2 Å². The molecule has 16 heteroatoms. The van der Waals surface area contributed by atoms with E-state index in [1.807, 2.05) is 55.5 Å². The van der Waals surface area contributed by atoms with Crippen LogP contribution in [0.15, 0.2) is 48.5 Å². The molecule has 1 unspecified atom stereocenters. The molecule has 2 aromatic carbocycles. The Labute approximate surface area is 293 Å². The van der Waals surface area contributed by atoms with Crippen LogP contribution in [0, 0.1) is 0 Å². The minimum absolute atomic E-state index is 0.0109. The van der Waals surface area contributed by atoms with Gasteiger partial charge in [0.2, 0.25) is 12.1 Å². The SMILES string of the molecule is CCCc1nc(C(C)(C)O)c(C(=O)OC(C)OC(=O)O[C@@H]2CO[C@H]3[C@@H]2OC[C@H]3OC(C)=O)n1Cc1ccc(-c2ccccc2-c2nn[nH]n2)cc1. The summed E-state index contributed by atoms with van der Waals surface area (Å²) >= 11 is 0. The van der Waals surface area contributed by atoms with E-state index in [9.17, 15) is 19.5 Å². The number of ether oxygens (including phenoxy) is 6.